The van der Waals surface area contributed by atoms with Crippen LogP contribution in [0.4, 0.5) is 0 Å². The second-order valence-corrected chi connectivity index (χ2v) is 14.4. The number of nitrogens with one attached hydrogen (secondary N) is 1. The number of methoxy groups -OCH3 is 1. The summed E-state index contributed by atoms with van der Waals surface area (Å²) in [6.07, 6.45) is 3.50. The van der Waals surface area contributed by atoms with Gasteiger partial charge < -0.3 is 24.6 Å². The highest BCUT2D eigenvalue weighted by molar-refractivity contribution is 5.98. The number of fused-ring (bicyclic) bond motifs is 1. The molecule has 9 nitrogen and oxygen atoms in total. The summed E-state index contributed by atoms with van der Waals surface area (Å²) in [6, 6.07) is 24.1. The van der Waals surface area contributed by atoms with E-state index in [1.165, 1.54) is 0 Å². The van der Waals surface area contributed by atoms with Crippen molar-refractivity contribution in [2.45, 2.75) is 88.3 Å². The number of esters is 1. The summed E-state index contributed by atoms with van der Waals surface area (Å²) in [4.78, 5) is 59.2. The maximum absolute atomic E-state index is 15.0. The molecule has 2 aliphatic heterocycles. The van der Waals surface area contributed by atoms with Gasteiger partial charge in [0.25, 0.3) is 5.91 Å². The van der Waals surface area contributed by atoms with E-state index in [1.807, 2.05) is 92.4 Å². The molecule has 3 atom stereocenters. The molecule has 0 radical (unpaired) electrons. The monoisotopic (exact) mass is 665 g/mol. The van der Waals surface area contributed by atoms with Crippen molar-refractivity contribution in [3.8, 4) is 5.75 Å². The normalized spacial score (nSPS) is 22.6. The van der Waals surface area contributed by atoms with Crippen LogP contribution >= 0.6 is 0 Å². The molecule has 1 unspecified atom stereocenters. The number of hydrogen-bond acceptors (Lipinski definition) is 6. The van der Waals surface area contributed by atoms with Crippen LogP contribution in [0.15, 0.2) is 78.9 Å². The smallest absolute Gasteiger partial charge is 0.329 e. The molecular weight excluding hydrogens is 618 g/mol. The molecule has 0 saturated carbocycles. The Morgan fingerprint density at radius 3 is 2.20 bits per heavy atom. The number of carbonyl (C=O) groups is 4. The zero-order valence-electron chi connectivity index (χ0n) is 28.9. The lowest BCUT2D eigenvalue weighted by Crippen LogP contribution is -2.54. The third-order valence-corrected chi connectivity index (χ3v) is 10.2. The maximum Gasteiger partial charge on any atom is 0.329 e. The summed E-state index contributed by atoms with van der Waals surface area (Å²) >= 11 is 0. The average Bonchev–Trinajstić information content (AvgIpc) is 3.61. The first-order valence-corrected chi connectivity index (χ1v) is 17.4. The third-order valence-electron chi connectivity index (χ3n) is 10.2. The number of ether oxygens (including phenoxy) is 2. The first-order valence-electron chi connectivity index (χ1n) is 17.4. The molecular formula is C40H47N3O6. The van der Waals surface area contributed by atoms with Crippen molar-refractivity contribution in [3.05, 3.63) is 101 Å². The quantitative estimate of drug-likeness (QED) is 0.329. The number of amides is 3. The van der Waals surface area contributed by atoms with E-state index in [1.54, 1.807) is 24.1 Å². The Labute approximate surface area is 288 Å². The van der Waals surface area contributed by atoms with E-state index in [4.69, 9.17) is 9.47 Å². The minimum Gasteiger partial charge on any atom is -0.496 e. The number of benzene rings is 3. The molecule has 0 bridgehead atoms. The SMILES string of the molecule is COc1ccccc1C(=O)NC1CCN(C(=O)[C@H]2CC[C@@](C(=O)N3CCCC3C(=O)OC(C)(C)C)(c3ccccc3)c3ccccc32)CC1. The van der Waals surface area contributed by atoms with Gasteiger partial charge in [0.2, 0.25) is 11.8 Å². The van der Waals surface area contributed by atoms with Crippen LogP contribution in [0.2, 0.25) is 0 Å². The van der Waals surface area contributed by atoms with Gasteiger partial charge in [-0.1, -0.05) is 66.7 Å². The van der Waals surface area contributed by atoms with E-state index in [2.05, 4.69) is 5.32 Å². The van der Waals surface area contributed by atoms with E-state index in [-0.39, 0.29) is 29.7 Å². The van der Waals surface area contributed by atoms with Crippen LogP contribution in [-0.4, -0.2) is 77.9 Å². The zero-order valence-corrected chi connectivity index (χ0v) is 28.9. The van der Waals surface area contributed by atoms with E-state index in [0.717, 1.165) is 23.1 Å². The molecule has 6 rings (SSSR count). The fourth-order valence-corrected chi connectivity index (χ4v) is 7.89. The van der Waals surface area contributed by atoms with Crippen LogP contribution in [0.5, 0.6) is 5.75 Å². The lowest BCUT2D eigenvalue weighted by Gasteiger charge is -2.45. The predicted molar refractivity (Wildman–Crippen MR) is 186 cm³/mol. The minimum atomic E-state index is -1.05. The molecule has 2 fully saturated rings. The highest BCUT2D eigenvalue weighted by Gasteiger charge is 2.53. The standard InChI is InChI=1S/C40H47N3O6/c1-39(2,3)49-37(46)33-18-12-24-43(33)38(47)40(27-13-6-5-7-14-27)23-20-30(29-15-8-10-17-32(29)40)36(45)42-25-21-28(22-26-42)41-35(44)31-16-9-11-19-34(31)48-4/h5-11,13-17,19,28,30,33H,12,18,20-26H2,1-4H3,(H,41,44)/t30-,33?,40+/m0/s1. The van der Waals surface area contributed by atoms with Crippen molar-refractivity contribution in [1.82, 2.24) is 15.1 Å². The van der Waals surface area contributed by atoms with Gasteiger partial charge in [-0.25, -0.2) is 4.79 Å². The van der Waals surface area contributed by atoms with Gasteiger partial charge in [-0.05, 0) is 88.1 Å². The van der Waals surface area contributed by atoms with Gasteiger partial charge in [0, 0.05) is 25.7 Å². The number of carbonyl (C=O) groups excluding carboxylic acids is 4. The molecule has 2 heterocycles. The van der Waals surface area contributed by atoms with Crippen molar-refractivity contribution >= 4 is 23.7 Å². The number of hydrogen-bond donors (Lipinski definition) is 1. The Kier molecular flexibility index (Phi) is 9.82. The summed E-state index contributed by atoms with van der Waals surface area (Å²) in [5.74, 6) is -0.501. The summed E-state index contributed by atoms with van der Waals surface area (Å²) in [5, 5.41) is 3.12. The molecule has 3 amide bonds. The molecule has 1 N–H and O–H groups in total. The second-order valence-electron chi connectivity index (χ2n) is 14.4. The lowest BCUT2D eigenvalue weighted by atomic mass is 9.62. The first kappa shape index (κ1) is 34.2. The van der Waals surface area contributed by atoms with Crippen LogP contribution in [0.1, 0.15) is 92.3 Å². The number of likely N-dealkylation sites (tertiary alicyclic amines) is 2. The number of nitrogens with zero attached hydrogens (tertiary/aromatic N) is 2. The van der Waals surface area contributed by atoms with Gasteiger partial charge in [0.05, 0.1) is 24.0 Å². The predicted octanol–water partition coefficient (Wildman–Crippen LogP) is 5.61. The molecule has 1 aliphatic carbocycles. The summed E-state index contributed by atoms with van der Waals surface area (Å²) in [7, 11) is 1.55. The van der Waals surface area contributed by atoms with Crippen LogP contribution in [0.3, 0.4) is 0 Å². The van der Waals surface area contributed by atoms with Crippen molar-refractivity contribution < 1.29 is 28.7 Å². The number of rotatable bonds is 7. The molecule has 3 aliphatic rings. The summed E-state index contributed by atoms with van der Waals surface area (Å²) in [5.41, 5.74) is 1.33. The number of para-hydroxylation sites is 1. The van der Waals surface area contributed by atoms with E-state index < -0.39 is 23.0 Å². The first-order chi connectivity index (χ1) is 23.5. The largest absolute Gasteiger partial charge is 0.496 e. The highest BCUT2D eigenvalue weighted by Crippen LogP contribution is 2.49. The average molecular weight is 666 g/mol. The number of piperidine rings is 1. The zero-order chi connectivity index (χ0) is 34.8. The maximum atomic E-state index is 15.0. The van der Waals surface area contributed by atoms with Crippen LogP contribution < -0.4 is 10.1 Å². The third kappa shape index (κ3) is 6.80. The lowest BCUT2D eigenvalue weighted by molar-refractivity contribution is -0.164. The fourth-order valence-electron chi connectivity index (χ4n) is 7.89. The second kappa shape index (κ2) is 14.1. The van der Waals surface area contributed by atoms with Gasteiger partial charge in [-0.2, -0.15) is 0 Å². The molecule has 3 aromatic rings. The van der Waals surface area contributed by atoms with Crippen molar-refractivity contribution in [3.63, 3.8) is 0 Å². The summed E-state index contributed by atoms with van der Waals surface area (Å²) in [6.45, 7) is 7.06. The molecule has 3 aromatic carbocycles. The highest BCUT2D eigenvalue weighted by atomic mass is 16.6. The van der Waals surface area contributed by atoms with Crippen molar-refractivity contribution in [1.29, 1.82) is 0 Å². The van der Waals surface area contributed by atoms with Gasteiger partial charge in [-0.15, -0.1) is 0 Å². The molecule has 9 heteroatoms. The van der Waals surface area contributed by atoms with Gasteiger partial charge in [0.15, 0.2) is 0 Å². The fraction of sp³-hybridized carbons (Fsp3) is 0.450. The molecule has 258 valence electrons. The topological polar surface area (TPSA) is 105 Å². The summed E-state index contributed by atoms with van der Waals surface area (Å²) < 4.78 is 11.1. The van der Waals surface area contributed by atoms with E-state index in [9.17, 15) is 19.2 Å². The Balaban J connectivity index is 1.23. The molecule has 2 saturated heterocycles. The van der Waals surface area contributed by atoms with Crippen LogP contribution in [0, 0.1) is 0 Å². The van der Waals surface area contributed by atoms with Gasteiger partial charge in [0.1, 0.15) is 17.4 Å². The molecule has 0 spiro atoms. The molecule has 0 aromatic heterocycles. The van der Waals surface area contributed by atoms with Crippen molar-refractivity contribution in [2.24, 2.45) is 0 Å². The van der Waals surface area contributed by atoms with Crippen molar-refractivity contribution in [2.75, 3.05) is 26.7 Å². The van der Waals surface area contributed by atoms with Gasteiger partial charge >= 0.3 is 5.97 Å². The van der Waals surface area contributed by atoms with E-state index in [0.29, 0.717) is 63.1 Å². The Morgan fingerprint density at radius 1 is 0.816 bits per heavy atom. The van der Waals surface area contributed by atoms with Crippen LogP contribution in [0.25, 0.3) is 0 Å². The minimum absolute atomic E-state index is 0.0452. The van der Waals surface area contributed by atoms with Gasteiger partial charge in [-0.3, -0.25) is 14.4 Å². The Bertz CT molecular complexity index is 1690. The van der Waals surface area contributed by atoms with E-state index >= 15 is 0 Å². The van der Waals surface area contributed by atoms with Crippen LogP contribution in [-0.2, 0) is 24.5 Å². The Hall–Kier alpha value is -4.66. The Morgan fingerprint density at radius 2 is 1.49 bits per heavy atom. The molecule has 49 heavy (non-hydrogen) atoms.